The third-order valence-corrected chi connectivity index (χ3v) is 3.09. The third-order valence-electron chi connectivity index (χ3n) is 1.43. The summed E-state index contributed by atoms with van der Waals surface area (Å²) in [6.45, 7) is 0.483. The maximum Gasteiger partial charge on any atom is 0.154 e. The van der Waals surface area contributed by atoms with Gasteiger partial charge in [-0.3, -0.25) is 11.2 Å². The number of hydrogen-bond acceptors (Lipinski definition) is 5. The molecule has 0 aromatic heterocycles. The number of rotatable bonds is 1. The van der Waals surface area contributed by atoms with Gasteiger partial charge in [-0.05, 0) is 0 Å². The molecule has 1 aliphatic heterocycles. The van der Waals surface area contributed by atoms with Crippen molar-refractivity contribution in [3.05, 3.63) is 0 Å². The highest BCUT2D eigenvalue weighted by atomic mass is 32.2. The molecule has 0 aromatic rings. The summed E-state index contributed by atoms with van der Waals surface area (Å²) in [5, 5.41) is 2.91. The van der Waals surface area contributed by atoms with E-state index >= 15 is 0 Å². The summed E-state index contributed by atoms with van der Waals surface area (Å²) in [5.41, 5.74) is 2.37. The molecule has 1 heterocycles. The van der Waals surface area contributed by atoms with Crippen LogP contribution in [0.4, 0.5) is 0 Å². The van der Waals surface area contributed by atoms with E-state index in [1.807, 2.05) is 0 Å². The number of hydrazine groups is 1. The first kappa shape index (κ1) is 7.93. The molecule has 1 fully saturated rings. The lowest BCUT2D eigenvalue weighted by Crippen LogP contribution is -2.55. The van der Waals surface area contributed by atoms with Crippen molar-refractivity contribution >= 4 is 9.84 Å². The van der Waals surface area contributed by atoms with Crippen molar-refractivity contribution in [1.29, 1.82) is 0 Å². The molecular formula is C4H11N3O2S. The zero-order chi connectivity index (χ0) is 7.61. The molecule has 5 nitrogen and oxygen atoms in total. The van der Waals surface area contributed by atoms with Crippen LogP contribution in [0.25, 0.3) is 0 Å². The minimum Gasteiger partial charge on any atom is -0.299 e. The van der Waals surface area contributed by atoms with Crippen LogP contribution in [0.3, 0.4) is 0 Å². The number of nitrogens with two attached hydrogens (primary N) is 1. The molecule has 1 unspecified atom stereocenters. The summed E-state index contributed by atoms with van der Waals surface area (Å²) in [5.74, 6) is 5.35. The van der Waals surface area contributed by atoms with Gasteiger partial charge in [0.2, 0.25) is 0 Å². The lowest BCUT2D eigenvalue weighted by molar-refractivity contribution is 0.454. The van der Waals surface area contributed by atoms with Crippen LogP contribution in [0.1, 0.15) is 0 Å². The Kier molecular flexibility index (Phi) is 2.24. The van der Waals surface area contributed by atoms with Gasteiger partial charge in [-0.25, -0.2) is 13.8 Å². The Morgan fingerprint density at radius 2 is 2.30 bits per heavy atom. The van der Waals surface area contributed by atoms with Crippen LogP contribution in [0.2, 0.25) is 0 Å². The zero-order valence-electron chi connectivity index (χ0n) is 5.50. The Morgan fingerprint density at radius 3 is 2.70 bits per heavy atom. The fourth-order valence-corrected chi connectivity index (χ4v) is 2.21. The molecule has 0 aliphatic carbocycles. The van der Waals surface area contributed by atoms with Crippen LogP contribution >= 0.6 is 0 Å². The van der Waals surface area contributed by atoms with Crippen molar-refractivity contribution in [3.8, 4) is 0 Å². The van der Waals surface area contributed by atoms with E-state index in [0.717, 1.165) is 0 Å². The molecule has 0 saturated carbocycles. The summed E-state index contributed by atoms with van der Waals surface area (Å²) in [6.07, 6.45) is -0.279. The molecule has 1 saturated heterocycles. The minimum atomic E-state index is -2.85. The number of hydrogen-bond donors (Lipinski definition) is 3. The molecule has 0 bridgehead atoms. The van der Waals surface area contributed by atoms with Crippen molar-refractivity contribution in [2.75, 3.05) is 18.1 Å². The highest BCUT2D eigenvalue weighted by molar-refractivity contribution is 7.91. The first-order valence-corrected chi connectivity index (χ1v) is 4.86. The van der Waals surface area contributed by atoms with Gasteiger partial charge < -0.3 is 0 Å². The number of nitrogens with one attached hydrogen (secondary N) is 2. The van der Waals surface area contributed by atoms with E-state index in [4.69, 9.17) is 5.84 Å². The molecule has 4 N–H and O–H groups in total. The molecular weight excluding hydrogens is 154 g/mol. The first-order chi connectivity index (χ1) is 4.64. The smallest absolute Gasteiger partial charge is 0.154 e. The highest BCUT2D eigenvalue weighted by Crippen LogP contribution is 1.97. The average Bonchev–Trinajstić information content (AvgIpc) is 1.86. The summed E-state index contributed by atoms with van der Waals surface area (Å²) in [7, 11) is -2.85. The maximum absolute atomic E-state index is 10.9. The van der Waals surface area contributed by atoms with Gasteiger partial charge in [-0.15, -0.1) is 0 Å². The van der Waals surface area contributed by atoms with Gasteiger partial charge in [0.25, 0.3) is 0 Å². The molecule has 0 aromatic carbocycles. The minimum absolute atomic E-state index is 0.0868. The van der Waals surface area contributed by atoms with Gasteiger partial charge in [0.1, 0.15) is 0 Å². The molecule has 10 heavy (non-hydrogen) atoms. The Morgan fingerprint density at radius 1 is 1.60 bits per heavy atom. The van der Waals surface area contributed by atoms with Crippen molar-refractivity contribution in [1.82, 2.24) is 10.7 Å². The first-order valence-electron chi connectivity index (χ1n) is 3.04. The van der Waals surface area contributed by atoms with Gasteiger partial charge >= 0.3 is 0 Å². The molecule has 0 radical (unpaired) electrons. The zero-order valence-corrected chi connectivity index (χ0v) is 6.32. The second-order valence-corrected chi connectivity index (χ2v) is 4.52. The Hall–Kier alpha value is -0.170. The normalized spacial score (nSPS) is 31.9. The van der Waals surface area contributed by atoms with Crippen LogP contribution in [0, 0.1) is 0 Å². The molecule has 6 heteroatoms. The van der Waals surface area contributed by atoms with Gasteiger partial charge in [0.15, 0.2) is 9.84 Å². The van der Waals surface area contributed by atoms with Gasteiger partial charge in [-0.2, -0.15) is 0 Å². The van der Waals surface area contributed by atoms with Crippen LogP contribution in [0.15, 0.2) is 0 Å². The Balaban J connectivity index is 2.56. The van der Waals surface area contributed by atoms with Gasteiger partial charge in [-0.1, -0.05) is 0 Å². The fraction of sp³-hybridized carbons (Fsp3) is 1.00. The topological polar surface area (TPSA) is 84.2 Å². The second kappa shape index (κ2) is 2.83. The maximum atomic E-state index is 10.9. The highest BCUT2D eigenvalue weighted by Gasteiger charge is 2.22. The lowest BCUT2D eigenvalue weighted by Gasteiger charge is -2.22. The number of sulfone groups is 1. The van der Waals surface area contributed by atoms with Gasteiger partial charge in [0, 0.05) is 6.54 Å². The van der Waals surface area contributed by atoms with Crippen LogP contribution in [-0.2, 0) is 9.84 Å². The van der Waals surface area contributed by atoms with E-state index in [0.29, 0.717) is 6.54 Å². The summed E-state index contributed by atoms with van der Waals surface area (Å²) < 4.78 is 21.8. The molecule has 1 aliphatic rings. The largest absolute Gasteiger partial charge is 0.299 e. The van der Waals surface area contributed by atoms with Crippen LogP contribution in [0.5, 0.6) is 0 Å². The molecule has 0 spiro atoms. The van der Waals surface area contributed by atoms with Crippen molar-refractivity contribution in [3.63, 3.8) is 0 Å². The third kappa shape index (κ3) is 1.91. The standard InChI is InChI=1S/C4H11N3O2S/c5-7-4-3-10(8,9)2-1-6-4/h4,6-7H,1-3,5H2. The SMILES string of the molecule is NNC1CS(=O)(=O)CCN1. The lowest BCUT2D eigenvalue weighted by atomic mass is 10.5. The van der Waals surface area contributed by atoms with E-state index in [2.05, 4.69) is 10.7 Å². The van der Waals surface area contributed by atoms with Crippen molar-refractivity contribution in [2.24, 2.45) is 5.84 Å². The predicted octanol–water partition coefficient (Wildman–Crippen LogP) is -2.21. The van der Waals surface area contributed by atoms with Crippen molar-refractivity contribution in [2.45, 2.75) is 6.17 Å². The van der Waals surface area contributed by atoms with E-state index in [1.165, 1.54) is 0 Å². The Labute approximate surface area is 59.9 Å². The monoisotopic (exact) mass is 165 g/mol. The summed E-state index contributed by atoms with van der Waals surface area (Å²) in [4.78, 5) is 0. The van der Waals surface area contributed by atoms with Crippen LogP contribution < -0.4 is 16.6 Å². The van der Waals surface area contributed by atoms with E-state index in [1.54, 1.807) is 0 Å². The predicted molar refractivity (Wildman–Crippen MR) is 37.8 cm³/mol. The molecule has 1 atom stereocenters. The average molecular weight is 165 g/mol. The summed E-state index contributed by atoms with van der Waals surface area (Å²) in [6, 6.07) is 0. The van der Waals surface area contributed by atoms with E-state index in [-0.39, 0.29) is 17.7 Å². The molecule has 1 rings (SSSR count). The summed E-state index contributed by atoms with van der Waals surface area (Å²) >= 11 is 0. The Bertz CT molecular complexity index is 201. The van der Waals surface area contributed by atoms with Crippen LogP contribution in [-0.4, -0.2) is 32.6 Å². The molecule has 0 amide bonds. The van der Waals surface area contributed by atoms with E-state index < -0.39 is 9.84 Å². The second-order valence-electron chi connectivity index (χ2n) is 2.29. The fourth-order valence-electron chi connectivity index (χ4n) is 0.892. The molecule has 60 valence electrons. The van der Waals surface area contributed by atoms with Gasteiger partial charge in [0.05, 0.1) is 17.7 Å². The van der Waals surface area contributed by atoms with E-state index in [9.17, 15) is 8.42 Å². The quantitative estimate of drug-likeness (QED) is 0.303. The van der Waals surface area contributed by atoms with Crippen molar-refractivity contribution < 1.29 is 8.42 Å².